The average Bonchev–Trinajstić information content (AvgIpc) is 2.89. The molecule has 0 aliphatic heterocycles. The number of rotatable bonds is 9. The van der Waals surface area contributed by atoms with Crippen LogP contribution in [0.2, 0.25) is 0 Å². The van der Waals surface area contributed by atoms with Crippen molar-refractivity contribution in [3.8, 4) is 0 Å². The number of aliphatic carboxylic acids is 1. The molecule has 0 saturated heterocycles. The summed E-state index contributed by atoms with van der Waals surface area (Å²) in [6.07, 6.45) is 3.34. The number of hydrogen-bond donors (Lipinski definition) is 2. The molecular weight excluding hydrogens is 280 g/mol. The molecule has 0 radical (unpaired) electrons. The van der Waals surface area contributed by atoms with Crippen LogP contribution in [0.25, 0.3) is 0 Å². The molecule has 0 aliphatic carbocycles. The first kappa shape index (κ1) is 16.6. The summed E-state index contributed by atoms with van der Waals surface area (Å²) < 4.78 is 1.48. The van der Waals surface area contributed by atoms with Crippen molar-refractivity contribution in [2.45, 2.75) is 32.7 Å². The fourth-order valence-corrected chi connectivity index (χ4v) is 1.64. The number of aryl methyl sites for hydroxylation is 1. The van der Waals surface area contributed by atoms with Gasteiger partial charge in [-0.1, -0.05) is 6.92 Å². The van der Waals surface area contributed by atoms with Gasteiger partial charge in [0.05, 0.1) is 0 Å². The number of aromatic nitrogens is 2. The van der Waals surface area contributed by atoms with Crippen LogP contribution in [0.15, 0.2) is 12.5 Å². The lowest BCUT2D eigenvalue weighted by atomic mass is 10.1. The molecule has 0 bridgehead atoms. The number of hydrogen-bond acceptors (Lipinski definition) is 5. The van der Waals surface area contributed by atoms with E-state index in [1.165, 1.54) is 17.1 Å². The Bertz CT molecular complexity index is 514. The van der Waals surface area contributed by atoms with Crippen LogP contribution in [0.4, 0.5) is 5.82 Å². The van der Waals surface area contributed by atoms with Crippen LogP contribution >= 0.6 is 0 Å². The fourth-order valence-electron chi connectivity index (χ4n) is 1.64. The van der Waals surface area contributed by atoms with Crippen LogP contribution in [0.1, 0.15) is 26.2 Å². The first-order valence-corrected chi connectivity index (χ1v) is 6.53. The third kappa shape index (κ3) is 6.50. The zero-order valence-corrected chi connectivity index (χ0v) is 11.7. The predicted molar refractivity (Wildman–Crippen MR) is 72.5 cm³/mol. The zero-order valence-electron chi connectivity index (χ0n) is 11.7. The molecule has 1 amide bonds. The van der Waals surface area contributed by atoms with E-state index in [1.54, 1.807) is 0 Å². The van der Waals surface area contributed by atoms with Gasteiger partial charge in [-0.2, -0.15) is 0 Å². The van der Waals surface area contributed by atoms with E-state index in [1.807, 2.05) is 6.92 Å². The minimum Gasteiger partial charge on any atom is -0.481 e. The standard InChI is InChI=1S/C12H18N4O5/c1-9(2-3-12(18)19)6-13-11(17)4-5-15-7-10(14-8-15)16(20)21/h7-9H,2-6H2,1H3,(H,13,17)(H,18,19). The summed E-state index contributed by atoms with van der Waals surface area (Å²) in [6.45, 7) is 2.58. The van der Waals surface area contributed by atoms with E-state index in [0.29, 0.717) is 19.5 Å². The van der Waals surface area contributed by atoms with Gasteiger partial charge in [0.1, 0.15) is 6.20 Å². The van der Waals surface area contributed by atoms with Crippen molar-refractivity contribution < 1.29 is 19.6 Å². The number of nitrogens with one attached hydrogen (secondary N) is 1. The minimum atomic E-state index is -0.852. The summed E-state index contributed by atoms with van der Waals surface area (Å²) in [5.74, 6) is -1.21. The quantitative estimate of drug-likeness (QED) is 0.512. The van der Waals surface area contributed by atoms with Crippen LogP contribution in [-0.2, 0) is 16.1 Å². The average molecular weight is 298 g/mol. The van der Waals surface area contributed by atoms with Gasteiger partial charge in [0.2, 0.25) is 12.2 Å². The SMILES string of the molecule is CC(CCC(=O)O)CNC(=O)CCn1cnc([N+](=O)[O-])c1. The Morgan fingerprint density at radius 1 is 1.52 bits per heavy atom. The molecule has 1 unspecified atom stereocenters. The second-order valence-electron chi connectivity index (χ2n) is 4.82. The van der Waals surface area contributed by atoms with Crippen LogP contribution in [0.3, 0.4) is 0 Å². The summed E-state index contributed by atoms with van der Waals surface area (Å²) in [5.41, 5.74) is 0. The Labute approximate surface area is 121 Å². The fraction of sp³-hybridized carbons (Fsp3) is 0.583. The van der Waals surface area contributed by atoms with E-state index < -0.39 is 10.9 Å². The van der Waals surface area contributed by atoms with Crippen molar-refractivity contribution in [1.29, 1.82) is 0 Å². The lowest BCUT2D eigenvalue weighted by molar-refractivity contribution is -0.389. The zero-order chi connectivity index (χ0) is 15.8. The summed E-state index contributed by atoms with van der Waals surface area (Å²) >= 11 is 0. The number of imidazole rings is 1. The maximum Gasteiger partial charge on any atom is 0.381 e. The molecule has 1 aromatic rings. The lowest BCUT2D eigenvalue weighted by Gasteiger charge is -2.11. The monoisotopic (exact) mass is 298 g/mol. The van der Waals surface area contributed by atoms with E-state index in [2.05, 4.69) is 10.3 Å². The maximum absolute atomic E-state index is 11.6. The van der Waals surface area contributed by atoms with Crippen molar-refractivity contribution in [3.63, 3.8) is 0 Å². The highest BCUT2D eigenvalue weighted by molar-refractivity contribution is 5.75. The predicted octanol–water partition coefficient (Wildman–Crippen LogP) is 0.798. The first-order valence-electron chi connectivity index (χ1n) is 6.53. The molecule has 2 N–H and O–H groups in total. The van der Waals surface area contributed by atoms with Crippen molar-refractivity contribution in [2.75, 3.05) is 6.54 Å². The summed E-state index contributed by atoms with van der Waals surface area (Å²) in [6, 6.07) is 0. The van der Waals surface area contributed by atoms with Gasteiger partial charge in [0, 0.05) is 25.9 Å². The summed E-state index contributed by atoms with van der Waals surface area (Å²) in [7, 11) is 0. The van der Waals surface area contributed by atoms with Gasteiger partial charge in [0.15, 0.2) is 0 Å². The molecule has 0 aromatic carbocycles. The maximum atomic E-state index is 11.6. The normalized spacial score (nSPS) is 11.9. The Morgan fingerprint density at radius 3 is 2.81 bits per heavy atom. The highest BCUT2D eigenvalue weighted by Gasteiger charge is 2.11. The Balaban J connectivity index is 2.24. The molecule has 0 saturated carbocycles. The Morgan fingerprint density at radius 2 is 2.24 bits per heavy atom. The van der Waals surface area contributed by atoms with Crippen LogP contribution in [0, 0.1) is 16.0 Å². The van der Waals surface area contributed by atoms with Crippen molar-refractivity contribution >= 4 is 17.7 Å². The molecule has 9 heteroatoms. The van der Waals surface area contributed by atoms with Crippen LogP contribution < -0.4 is 5.32 Å². The summed E-state index contributed by atoms with van der Waals surface area (Å²) in [5, 5.41) is 21.7. The first-order chi connectivity index (χ1) is 9.88. The number of carboxylic acid groups (broad SMARTS) is 1. The smallest absolute Gasteiger partial charge is 0.381 e. The number of nitro groups is 1. The van der Waals surface area contributed by atoms with Gasteiger partial charge < -0.3 is 25.1 Å². The largest absolute Gasteiger partial charge is 0.481 e. The third-order valence-electron chi connectivity index (χ3n) is 2.90. The minimum absolute atomic E-state index is 0.0791. The third-order valence-corrected chi connectivity index (χ3v) is 2.90. The molecule has 9 nitrogen and oxygen atoms in total. The van der Waals surface area contributed by atoms with E-state index in [0.717, 1.165) is 0 Å². The molecule has 1 heterocycles. The number of carbonyl (C=O) groups is 2. The Hall–Kier alpha value is -2.45. The molecular formula is C12H18N4O5. The van der Waals surface area contributed by atoms with E-state index >= 15 is 0 Å². The number of amides is 1. The highest BCUT2D eigenvalue weighted by atomic mass is 16.6. The Kier molecular flexibility index (Phi) is 6.31. The molecule has 0 fully saturated rings. The molecule has 1 aromatic heterocycles. The van der Waals surface area contributed by atoms with Crippen molar-refractivity contribution in [2.24, 2.45) is 5.92 Å². The molecule has 1 atom stereocenters. The van der Waals surface area contributed by atoms with Gasteiger partial charge in [-0.25, -0.2) is 0 Å². The van der Waals surface area contributed by atoms with Gasteiger partial charge >= 0.3 is 11.8 Å². The number of carbonyl (C=O) groups excluding carboxylic acids is 1. The molecule has 1 rings (SSSR count). The second kappa shape index (κ2) is 7.98. The number of carboxylic acids is 1. The molecule has 0 spiro atoms. The topological polar surface area (TPSA) is 127 Å². The summed E-state index contributed by atoms with van der Waals surface area (Å²) in [4.78, 5) is 35.4. The van der Waals surface area contributed by atoms with Gasteiger partial charge in [-0.3, -0.25) is 9.59 Å². The van der Waals surface area contributed by atoms with E-state index in [4.69, 9.17) is 5.11 Å². The second-order valence-corrected chi connectivity index (χ2v) is 4.82. The van der Waals surface area contributed by atoms with Crippen molar-refractivity contribution in [1.82, 2.24) is 14.9 Å². The van der Waals surface area contributed by atoms with Gasteiger partial charge in [-0.15, -0.1) is 0 Å². The highest BCUT2D eigenvalue weighted by Crippen LogP contribution is 2.06. The van der Waals surface area contributed by atoms with E-state index in [-0.39, 0.29) is 30.5 Å². The van der Waals surface area contributed by atoms with Crippen molar-refractivity contribution in [3.05, 3.63) is 22.6 Å². The van der Waals surface area contributed by atoms with Gasteiger partial charge in [0.25, 0.3) is 0 Å². The lowest BCUT2D eigenvalue weighted by Crippen LogP contribution is -2.29. The molecule has 116 valence electrons. The van der Waals surface area contributed by atoms with Crippen LogP contribution in [0.5, 0.6) is 0 Å². The number of nitrogens with zero attached hydrogens (tertiary/aromatic N) is 3. The van der Waals surface area contributed by atoms with Crippen LogP contribution in [-0.4, -0.2) is 38.0 Å². The van der Waals surface area contributed by atoms with Gasteiger partial charge in [-0.05, 0) is 22.2 Å². The van der Waals surface area contributed by atoms with E-state index in [9.17, 15) is 19.7 Å². The molecule has 0 aliphatic rings. The molecule has 21 heavy (non-hydrogen) atoms.